The second kappa shape index (κ2) is 5.64. The molecule has 0 unspecified atom stereocenters. The van der Waals surface area contributed by atoms with Crippen molar-refractivity contribution in [2.75, 3.05) is 13.7 Å². The zero-order valence-corrected chi connectivity index (χ0v) is 10.6. The lowest BCUT2D eigenvalue weighted by atomic mass is 10.1. The number of hydrogen-bond donors (Lipinski definition) is 0. The summed E-state index contributed by atoms with van der Waals surface area (Å²) in [6.07, 6.45) is -4.84. The topological polar surface area (TPSA) is 35.5 Å². The van der Waals surface area contributed by atoms with Crippen LogP contribution in [0.3, 0.4) is 0 Å². The lowest BCUT2D eigenvalue weighted by Crippen LogP contribution is -2.21. The van der Waals surface area contributed by atoms with Crippen LogP contribution in [0.15, 0.2) is 18.2 Å². The Balaban J connectivity index is 3.12. The number of benzene rings is 1. The number of esters is 1. The first-order valence-corrected chi connectivity index (χ1v) is 5.35. The van der Waals surface area contributed by atoms with E-state index in [2.05, 4.69) is 9.47 Å². The van der Waals surface area contributed by atoms with Crippen molar-refractivity contribution in [3.8, 4) is 5.75 Å². The Kier molecular flexibility index (Phi) is 4.57. The first-order valence-electron chi connectivity index (χ1n) is 5.35. The van der Waals surface area contributed by atoms with Crippen molar-refractivity contribution in [2.24, 2.45) is 0 Å². The Morgan fingerprint density at radius 1 is 1.20 bits per heavy atom. The van der Waals surface area contributed by atoms with Gasteiger partial charge < -0.3 is 9.47 Å². The molecule has 1 aromatic carbocycles. The van der Waals surface area contributed by atoms with E-state index in [1.54, 1.807) is 0 Å². The molecular formula is C12H11F5O3. The summed E-state index contributed by atoms with van der Waals surface area (Å²) < 4.78 is 72.3. The van der Waals surface area contributed by atoms with Crippen LogP contribution in [0.4, 0.5) is 22.0 Å². The lowest BCUT2D eigenvalue weighted by Gasteiger charge is -2.15. The molecule has 0 aliphatic heterocycles. The Hall–Kier alpha value is -1.86. The van der Waals surface area contributed by atoms with E-state index < -0.39 is 41.6 Å². The van der Waals surface area contributed by atoms with Gasteiger partial charge in [0.2, 0.25) is 0 Å². The number of carbonyl (C=O) groups excluding carboxylic acids is 1. The minimum absolute atomic E-state index is 0.411. The first kappa shape index (κ1) is 16.2. The monoisotopic (exact) mass is 298 g/mol. The normalized spacial score (nSPS) is 12.2. The van der Waals surface area contributed by atoms with Gasteiger partial charge in [0.25, 0.3) is 5.92 Å². The number of methoxy groups -OCH3 is 1. The first-order chi connectivity index (χ1) is 9.04. The summed E-state index contributed by atoms with van der Waals surface area (Å²) in [5, 5.41) is 0. The maximum atomic E-state index is 12.8. The SMILES string of the molecule is COC(=O)c1ccc(OCC(C)(F)F)cc1C(F)(F)F. The summed E-state index contributed by atoms with van der Waals surface area (Å²) >= 11 is 0. The third-order valence-electron chi connectivity index (χ3n) is 2.19. The molecule has 0 aliphatic carbocycles. The summed E-state index contributed by atoms with van der Waals surface area (Å²) in [6, 6.07) is 2.29. The third-order valence-corrected chi connectivity index (χ3v) is 2.19. The molecule has 1 aromatic rings. The zero-order chi connectivity index (χ0) is 15.6. The van der Waals surface area contributed by atoms with E-state index in [4.69, 9.17) is 0 Å². The third kappa shape index (κ3) is 4.36. The highest BCUT2D eigenvalue weighted by Gasteiger charge is 2.36. The molecule has 1 rings (SSSR count). The van der Waals surface area contributed by atoms with Crippen LogP contribution in [0.25, 0.3) is 0 Å². The highest BCUT2D eigenvalue weighted by molar-refractivity contribution is 5.91. The van der Waals surface area contributed by atoms with Crippen molar-refractivity contribution in [1.82, 2.24) is 0 Å². The molecule has 0 bridgehead atoms. The zero-order valence-electron chi connectivity index (χ0n) is 10.6. The number of rotatable bonds is 4. The van der Waals surface area contributed by atoms with Crippen molar-refractivity contribution < 1.29 is 36.2 Å². The fraction of sp³-hybridized carbons (Fsp3) is 0.417. The predicted octanol–water partition coefficient (Wildman–Crippen LogP) is 3.53. The van der Waals surface area contributed by atoms with Crippen LogP contribution in [0.2, 0.25) is 0 Å². The van der Waals surface area contributed by atoms with E-state index in [0.717, 1.165) is 19.2 Å². The number of carbonyl (C=O) groups is 1. The quantitative estimate of drug-likeness (QED) is 0.630. The predicted molar refractivity (Wildman–Crippen MR) is 58.9 cm³/mol. The fourth-order valence-corrected chi connectivity index (χ4v) is 1.35. The summed E-state index contributed by atoms with van der Waals surface area (Å²) in [6.45, 7) is -0.498. The van der Waals surface area contributed by atoms with Gasteiger partial charge in [-0.25, -0.2) is 13.6 Å². The number of hydrogen-bond acceptors (Lipinski definition) is 3. The van der Waals surface area contributed by atoms with Crippen LogP contribution in [0.1, 0.15) is 22.8 Å². The van der Waals surface area contributed by atoms with E-state index in [1.165, 1.54) is 0 Å². The van der Waals surface area contributed by atoms with E-state index in [-0.39, 0.29) is 0 Å². The molecule has 0 aromatic heterocycles. The summed E-state index contributed by atoms with van der Waals surface area (Å²) in [5.74, 6) is -4.77. The second-order valence-electron chi connectivity index (χ2n) is 4.06. The highest BCUT2D eigenvalue weighted by atomic mass is 19.4. The van der Waals surface area contributed by atoms with Gasteiger partial charge in [-0.3, -0.25) is 0 Å². The Morgan fingerprint density at radius 3 is 2.25 bits per heavy atom. The molecule has 0 amide bonds. The van der Waals surface area contributed by atoms with Crippen LogP contribution < -0.4 is 4.74 Å². The Bertz CT molecular complexity index is 491. The van der Waals surface area contributed by atoms with Crippen LogP contribution in [-0.2, 0) is 10.9 Å². The maximum absolute atomic E-state index is 12.8. The second-order valence-corrected chi connectivity index (χ2v) is 4.06. The molecule has 0 aliphatic rings. The molecule has 0 heterocycles. The van der Waals surface area contributed by atoms with Crippen molar-refractivity contribution in [2.45, 2.75) is 19.0 Å². The van der Waals surface area contributed by atoms with Crippen molar-refractivity contribution in [3.63, 3.8) is 0 Å². The van der Waals surface area contributed by atoms with Gasteiger partial charge in [-0.15, -0.1) is 0 Å². The molecule has 3 nitrogen and oxygen atoms in total. The van der Waals surface area contributed by atoms with E-state index in [9.17, 15) is 26.7 Å². The van der Waals surface area contributed by atoms with Crippen LogP contribution in [0, 0.1) is 0 Å². The number of halogens is 5. The van der Waals surface area contributed by atoms with E-state index >= 15 is 0 Å². The molecule has 0 saturated carbocycles. The Labute approximate surface area is 111 Å². The minimum atomic E-state index is -4.84. The van der Waals surface area contributed by atoms with Crippen LogP contribution in [0.5, 0.6) is 5.75 Å². The highest BCUT2D eigenvalue weighted by Crippen LogP contribution is 2.35. The molecular weight excluding hydrogens is 287 g/mol. The maximum Gasteiger partial charge on any atom is 0.417 e. The summed E-state index contributed by atoms with van der Waals surface area (Å²) in [4.78, 5) is 11.2. The van der Waals surface area contributed by atoms with Gasteiger partial charge in [0.05, 0.1) is 18.2 Å². The van der Waals surface area contributed by atoms with Gasteiger partial charge in [-0.05, 0) is 18.2 Å². The molecule has 112 valence electrons. The van der Waals surface area contributed by atoms with Gasteiger partial charge in [-0.1, -0.05) is 0 Å². The summed E-state index contributed by atoms with van der Waals surface area (Å²) in [5.41, 5.74) is -2.02. The smallest absolute Gasteiger partial charge is 0.417 e. The van der Waals surface area contributed by atoms with Gasteiger partial charge in [0, 0.05) is 6.92 Å². The average molecular weight is 298 g/mol. The fourth-order valence-electron chi connectivity index (χ4n) is 1.35. The van der Waals surface area contributed by atoms with Gasteiger partial charge in [0.1, 0.15) is 5.75 Å². The van der Waals surface area contributed by atoms with Gasteiger partial charge >= 0.3 is 12.1 Å². The van der Waals surface area contributed by atoms with Gasteiger partial charge in [-0.2, -0.15) is 13.2 Å². The number of ether oxygens (including phenoxy) is 2. The molecule has 0 saturated heterocycles. The van der Waals surface area contributed by atoms with Crippen LogP contribution in [-0.4, -0.2) is 25.6 Å². The van der Waals surface area contributed by atoms with Crippen LogP contribution >= 0.6 is 0 Å². The molecule has 0 radical (unpaired) electrons. The molecule has 20 heavy (non-hydrogen) atoms. The van der Waals surface area contributed by atoms with E-state index in [1.807, 2.05) is 0 Å². The van der Waals surface area contributed by atoms with Gasteiger partial charge in [0.15, 0.2) is 6.61 Å². The summed E-state index contributed by atoms with van der Waals surface area (Å²) in [7, 11) is 0.935. The van der Waals surface area contributed by atoms with Crippen molar-refractivity contribution in [3.05, 3.63) is 29.3 Å². The lowest BCUT2D eigenvalue weighted by molar-refractivity contribution is -0.138. The number of alkyl halides is 5. The van der Waals surface area contributed by atoms with Crippen molar-refractivity contribution >= 4 is 5.97 Å². The molecule has 0 N–H and O–H groups in total. The van der Waals surface area contributed by atoms with E-state index in [0.29, 0.717) is 13.0 Å². The average Bonchev–Trinajstić information content (AvgIpc) is 2.33. The molecule has 0 spiro atoms. The molecule has 0 atom stereocenters. The Morgan fingerprint density at radius 2 is 1.80 bits per heavy atom. The van der Waals surface area contributed by atoms with Crippen molar-refractivity contribution in [1.29, 1.82) is 0 Å². The molecule has 0 fully saturated rings. The largest absolute Gasteiger partial charge is 0.487 e. The standard InChI is InChI=1S/C12H11F5O3/c1-11(13,14)6-20-7-3-4-8(10(18)19-2)9(5-7)12(15,16)17/h3-5H,6H2,1-2H3. The minimum Gasteiger partial charge on any atom is -0.487 e. The molecule has 8 heteroatoms.